The van der Waals surface area contributed by atoms with Crippen LogP contribution in [0, 0.1) is 5.41 Å². The van der Waals surface area contributed by atoms with Crippen molar-refractivity contribution in [3.05, 3.63) is 24.4 Å². The van der Waals surface area contributed by atoms with Gasteiger partial charge in [-0.05, 0) is 28.3 Å². The van der Waals surface area contributed by atoms with Gasteiger partial charge in [0, 0.05) is 37.5 Å². The molecule has 2 heterocycles. The van der Waals surface area contributed by atoms with E-state index in [0.717, 1.165) is 10.8 Å². The number of carbonyl (C=O) groups is 1. The van der Waals surface area contributed by atoms with Crippen molar-refractivity contribution in [3.63, 3.8) is 0 Å². The van der Waals surface area contributed by atoms with E-state index in [4.69, 9.17) is 4.74 Å². The van der Waals surface area contributed by atoms with Gasteiger partial charge in [-0.2, -0.15) is 0 Å². The largest absolute Gasteiger partial charge is 0.380 e. The minimum Gasteiger partial charge on any atom is -0.380 e. The summed E-state index contributed by atoms with van der Waals surface area (Å²) in [6, 6.07) is 5.97. The highest BCUT2D eigenvalue weighted by Crippen LogP contribution is 2.30. The lowest BCUT2D eigenvalue weighted by atomic mass is 9.85. The third-order valence-corrected chi connectivity index (χ3v) is 6.03. The maximum atomic E-state index is 12.5. The molecule has 1 aromatic heterocycles. The predicted molar refractivity (Wildman–Crippen MR) is 100 cm³/mol. The Balaban J connectivity index is 1.76. The molecule has 2 rings (SSSR count). The zero-order valence-electron chi connectivity index (χ0n) is 14.3. The second kappa shape index (κ2) is 8.44. The molecule has 0 N–H and O–H groups in total. The summed E-state index contributed by atoms with van der Waals surface area (Å²) in [5.41, 5.74) is 0.0524. The number of nitrogens with zero attached hydrogens (tertiary/aromatic N) is 2. The molecule has 0 spiro atoms. The molecule has 1 aliphatic rings. The van der Waals surface area contributed by atoms with Gasteiger partial charge in [-0.1, -0.05) is 37.6 Å². The Kier molecular flexibility index (Phi) is 6.86. The van der Waals surface area contributed by atoms with Crippen molar-refractivity contribution in [1.29, 1.82) is 0 Å². The molecule has 23 heavy (non-hydrogen) atoms. The fourth-order valence-electron chi connectivity index (χ4n) is 2.42. The minimum absolute atomic E-state index is 0.0524. The Labute approximate surface area is 147 Å². The van der Waals surface area contributed by atoms with E-state index < -0.39 is 0 Å². The molecule has 2 unspecified atom stereocenters. The minimum atomic E-state index is 0.0524. The first kappa shape index (κ1) is 18.7. The highest BCUT2D eigenvalue weighted by Gasteiger charge is 2.34. The van der Waals surface area contributed by atoms with Gasteiger partial charge in [0.05, 0.1) is 6.10 Å². The van der Waals surface area contributed by atoms with Crippen LogP contribution < -0.4 is 0 Å². The van der Waals surface area contributed by atoms with E-state index in [1.807, 2.05) is 30.9 Å². The van der Waals surface area contributed by atoms with Gasteiger partial charge < -0.3 is 9.64 Å². The summed E-state index contributed by atoms with van der Waals surface area (Å²) in [5, 5.41) is 0.984. The van der Waals surface area contributed by atoms with Gasteiger partial charge in [0.15, 0.2) is 0 Å². The van der Waals surface area contributed by atoms with Gasteiger partial charge >= 0.3 is 0 Å². The van der Waals surface area contributed by atoms with Crippen molar-refractivity contribution in [1.82, 2.24) is 9.88 Å². The molecule has 0 saturated carbocycles. The number of aromatic nitrogens is 1. The summed E-state index contributed by atoms with van der Waals surface area (Å²) >= 11 is 0. The second-order valence-electron chi connectivity index (χ2n) is 6.92. The summed E-state index contributed by atoms with van der Waals surface area (Å²) < 4.78 is 6.00. The highest BCUT2D eigenvalue weighted by atomic mass is 33.1. The van der Waals surface area contributed by atoms with Crippen molar-refractivity contribution in [2.75, 3.05) is 18.8 Å². The lowest BCUT2D eigenvalue weighted by Crippen LogP contribution is -2.54. The molecule has 4 nitrogen and oxygen atoms in total. The Morgan fingerprint density at radius 1 is 1.43 bits per heavy atom. The lowest BCUT2D eigenvalue weighted by Gasteiger charge is -2.42. The van der Waals surface area contributed by atoms with Crippen LogP contribution in [0.25, 0.3) is 0 Å². The molecular formula is C16H25BN2O2S2. The number of rotatable bonds is 5. The lowest BCUT2D eigenvalue weighted by molar-refractivity contribution is -0.146. The third-order valence-electron chi connectivity index (χ3n) is 3.76. The van der Waals surface area contributed by atoms with Gasteiger partial charge in [0.2, 0.25) is 5.91 Å². The number of hydrogen-bond donors (Lipinski definition) is 0. The van der Waals surface area contributed by atoms with Gasteiger partial charge in [0.25, 0.3) is 0 Å². The van der Waals surface area contributed by atoms with Crippen LogP contribution in [-0.2, 0) is 9.53 Å². The van der Waals surface area contributed by atoms with Crippen LogP contribution in [0.15, 0.2) is 29.4 Å². The number of hydrogen-bond acceptors (Lipinski definition) is 5. The van der Waals surface area contributed by atoms with Crippen LogP contribution in [0.4, 0.5) is 0 Å². The second-order valence-corrected chi connectivity index (χ2v) is 9.36. The fraction of sp³-hybridized carbons (Fsp3) is 0.625. The first-order valence-corrected chi connectivity index (χ1v) is 10.3. The average Bonchev–Trinajstić information content (AvgIpc) is 2.51. The first-order chi connectivity index (χ1) is 10.9. The number of carbonyl (C=O) groups excluding carboxylic acids is 1. The Hall–Kier alpha value is -0.655. The summed E-state index contributed by atoms with van der Waals surface area (Å²) in [6.45, 7) is 7.89. The van der Waals surface area contributed by atoms with E-state index in [-0.39, 0.29) is 23.4 Å². The maximum Gasteiger partial charge on any atom is 0.223 e. The highest BCUT2D eigenvalue weighted by molar-refractivity contribution is 8.76. The zero-order chi connectivity index (χ0) is 16.9. The number of ether oxygens (including phenoxy) is 1. The third kappa shape index (κ3) is 6.05. The molecule has 126 valence electrons. The first-order valence-electron chi connectivity index (χ1n) is 8.00. The van der Waals surface area contributed by atoms with Crippen LogP contribution in [-0.4, -0.2) is 54.6 Å². The molecule has 0 aromatic carbocycles. The van der Waals surface area contributed by atoms with Crippen molar-refractivity contribution in [2.24, 2.45) is 5.41 Å². The van der Waals surface area contributed by atoms with Crippen molar-refractivity contribution in [3.8, 4) is 0 Å². The molecule has 0 bridgehead atoms. The van der Waals surface area contributed by atoms with Crippen molar-refractivity contribution < 1.29 is 9.53 Å². The molecule has 0 radical (unpaired) electrons. The average molecular weight is 352 g/mol. The molecule has 1 saturated heterocycles. The summed E-state index contributed by atoms with van der Waals surface area (Å²) in [5.74, 6) is 1.02. The Morgan fingerprint density at radius 2 is 2.22 bits per heavy atom. The van der Waals surface area contributed by atoms with E-state index >= 15 is 0 Å². The SMILES string of the molecule is BC1CN(C(=O)CCSSc2ccccn2)CC(C(C)(C)C)O1. The Morgan fingerprint density at radius 3 is 2.87 bits per heavy atom. The van der Waals surface area contributed by atoms with Gasteiger partial charge in [-0.25, -0.2) is 4.98 Å². The molecule has 1 aliphatic heterocycles. The van der Waals surface area contributed by atoms with Crippen LogP contribution in [0.5, 0.6) is 0 Å². The quantitative estimate of drug-likeness (QED) is 0.463. The summed E-state index contributed by atoms with van der Waals surface area (Å²) in [6.07, 6.45) is 2.45. The van der Waals surface area contributed by atoms with E-state index in [0.29, 0.717) is 19.5 Å². The normalized spacial score (nSPS) is 22.1. The number of amides is 1. The van der Waals surface area contributed by atoms with Crippen LogP contribution in [0.3, 0.4) is 0 Å². The predicted octanol–water partition coefficient (Wildman–Crippen LogP) is 2.44. The van der Waals surface area contributed by atoms with Gasteiger partial charge in [0.1, 0.15) is 12.9 Å². The van der Waals surface area contributed by atoms with Crippen molar-refractivity contribution in [2.45, 2.75) is 44.3 Å². The monoisotopic (exact) mass is 352 g/mol. The van der Waals surface area contributed by atoms with E-state index in [1.54, 1.807) is 27.8 Å². The molecular weight excluding hydrogens is 327 g/mol. The molecule has 7 heteroatoms. The van der Waals surface area contributed by atoms with Gasteiger partial charge in [-0.3, -0.25) is 4.79 Å². The number of morpholine rings is 1. The topological polar surface area (TPSA) is 42.4 Å². The van der Waals surface area contributed by atoms with E-state index in [1.165, 1.54) is 0 Å². The van der Waals surface area contributed by atoms with Crippen LogP contribution >= 0.6 is 21.6 Å². The Bertz CT molecular complexity index is 511. The molecule has 1 aromatic rings. The summed E-state index contributed by atoms with van der Waals surface area (Å²) in [4.78, 5) is 18.7. The van der Waals surface area contributed by atoms with E-state index in [2.05, 4.69) is 25.8 Å². The fourth-order valence-corrected chi connectivity index (χ4v) is 4.28. The van der Waals surface area contributed by atoms with E-state index in [9.17, 15) is 4.79 Å². The zero-order valence-corrected chi connectivity index (χ0v) is 16.0. The summed E-state index contributed by atoms with van der Waals surface area (Å²) in [7, 11) is 5.35. The molecule has 1 amide bonds. The van der Waals surface area contributed by atoms with Crippen LogP contribution in [0.2, 0.25) is 0 Å². The van der Waals surface area contributed by atoms with Gasteiger partial charge in [-0.15, -0.1) is 0 Å². The number of pyridine rings is 1. The molecule has 0 aliphatic carbocycles. The molecule has 2 atom stereocenters. The van der Waals surface area contributed by atoms with Crippen LogP contribution in [0.1, 0.15) is 27.2 Å². The molecule has 1 fully saturated rings. The standard InChI is InChI=1S/C16H25BN2O2S2/c1-16(2,3)12-10-19(11-13(17)21-12)15(20)7-9-22-23-14-6-4-5-8-18-14/h4-6,8,12-13H,7,9-11,17H2,1-3H3. The smallest absolute Gasteiger partial charge is 0.223 e. The van der Waals surface area contributed by atoms with Crippen molar-refractivity contribution >= 4 is 35.3 Å². The maximum absolute atomic E-state index is 12.5.